The lowest BCUT2D eigenvalue weighted by molar-refractivity contribution is -0.120. The summed E-state index contributed by atoms with van der Waals surface area (Å²) >= 11 is 5.57. The minimum Gasteiger partial charge on any atom is -0.508 e. The van der Waals surface area contributed by atoms with Crippen LogP contribution in [0, 0.1) is 0 Å². The number of hydrogen-bond acceptors (Lipinski definition) is 2. The lowest BCUT2D eigenvalue weighted by Crippen LogP contribution is -2.28. The fourth-order valence-electron chi connectivity index (χ4n) is 0.944. The first-order chi connectivity index (χ1) is 6.59. The van der Waals surface area contributed by atoms with Crippen LogP contribution in [0.2, 0.25) is 0 Å². The molecule has 1 unspecified atom stereocenters. The predicted molar refractivity (Wildman–Crippen MR) is 55.3 cm³/mol. The molecule has 0 aliphatic rings. The summed E-state index contributed by atoms with van der Waals surface area (Å²) in [6.07, 6.45) is 0. The van der Waals surface area contributed by atoms with Gasteiger partial charge in [-0.05, 0) is 24.6 Å². The van der Waals surface area contributed by atoms with Gasteiger partial charge in [-0.2, -0.15) is 0 Å². The van der Waals surface area contributed by atoms with Crippen molar-refractivity contribution in [3.8, 4) is 5.75 Å². The molecule has 0 fully saturated rings. The Morgan fingerprint density at radius 2 is 2.07 bits per heavy atom. The summed E-state index contributed by atoms with van der Waals surface area (Å²) in [7, 11) is 0. The minimum atomic E-state index is -0.521. The molecule has 14 heavy (non-hydrogen) atoms. The molecule has 0 bridgehead atoms. The van der Waals surface area contributed by atoms with Crippen LogP contribution >= 0.6 is 11.6 Å². The third-order valence-electron chi connectivity index (χ3n) is 1.76. The molecule has 0 saturated heterocycles. The van der Waals surface area contributed by atoms with Gasteiger partial charge in [0.15, 0.2) is 0 Å². The molecule has 76 valence electrons. The van der Waals surface area contributed by atoms with Crippen molar-refractivity contribution in [2.24, 2.45) is 0 Å². The Labute approximate surface area is 87.7 Å². The number of nitrogens with one attached hydrogen (secondary N) is 1. The smallest absolute Gasteiger partial charge is 0.238 e. The standard InChI is InChI=1S/C10H12ClNO2/c1-7(11)10(14)12-6-8-2-4-9(13)5-3-8/h2-5,7,13H,6H2,1H3,(H,12,14). The van der Waals surface area contributed by atoms with Gasteiger partial charge in [0.05, 0.1) is 0 Å². The molecular weight excluding hydrogens is 202 g/mol. The first kappa shape index (κ1) is 10.9. The normalized spacial score (nSPS) is 12.1. The second kappa shape index (κ2) is 4.86. The van der Waals surface area contributed by atoms with E-state index in [1.807, 2.05) is 0 Å². The van der Waals surface area contributed by atoms with Gasteiger partial charge in [0, 0.05) is 6.54 Å². The molecule has 1 aromatic carbocycles. The second-order valence-electron chi connectivity index (χ2n) is 3.00. The SMILES string of the molecule is CC(Cl)C(=O)NCc1ccc(O)cc1. The van der Waals surface area contributed by atoms with Crippen molar-refractivity contribution < 1.29 is 9.90 Å². The van der Waals surface area contributed by atoms with Crippen LogP contribution in [-0.4, -0.2) is 16.4 Å². The van der Waals surface area contributed by atoms with E-state index in [0.717, 1.165) is 5.56 Å². The van der Waals surface area contributed by atoms with Gasteiger partial charge in [0.1, 0.15) is 11.1 Å². The molecule has 0 radical (unpaired) electrons. The van der Waals surface area contributed by atoms with Gasteiger partial charge < -0.3 is 10.4 Å². The number of amides is 1. The van der Waals surface area contributed by atoms with Crippen LogP contribution in [0.4, 0.5) is 0 Å². The van der Waals surface area contributed by atoms with Crippen molar-refractivity contribution in [1.29, 1.82) is 0 Å². The Hall–Kier alpha value is -1.22. The zero-order chi connectivity index (χ0) is 10.6. The minimum absolute atomic E-state index is 0.195. The summed E-state index contributed by atoms with van der Waals surface area (Å²) in [5, 5.41) is 11.2. The second-order valence-corrected chi connectivity index (χ2v) is 3.65. The van der Waals surface area contributed by atoms with E-state index in [1.165, 1.54) is 0 Å². The van der Waals surface area contributed by atoms with E-state index in [-0.39, 0.29) is 11.7 Å². The zero-order valence-corrected chi connectivity index (χ0v) is 8.58. The lowest BCUT2D eigenvalue weighted by atomic mass is 10.2. The Kier molecular flexibility index (Phi) is 3.77. The molecule has 0 spiro atoms. The third kappa shape index (κ3) is 3.26. The van der Waals surface area contributed by atoms with Gasteiger partial charge in [-0.3, -0.25) is 4.79 Å². The molecule has 0 aliphatic heterocycles. The van der Waals surface area contributed by atoms with Crippen LogP contribution in [0.25, 0.3) is 0 Å². The Morgan fingerprint density at radius 1 is 1.50 bits per heavy atom. The molecule has 1 rings (SSSR count). The summed E-state index contributed by atoms with van der Waals surface area (Å²) in [5.74, 6) is 0.0190. The highest BCUT2D eigenvalue weighted by Crippen LogP contribution is 2.09. The Balaban J connectivity index is 2.46. The predicted octanol–water partition coefficient (Wildman–Crippen LogP) is 1.64. The number of phenolic OH excluding ortho intramolecular Hbond substituents is 1. The molecule has 2 N–H and O–H groups in total. The number of aromatic hydroxyl groups is 1. The van der Waals surface area contributed by atoms with Gasteiger partial charge in [0.2, 0.25) is 5.91 Å². The van der Waals surface area contributed by atoms with Crippen LogP contribution in [0.5, 0.6) is 5.75 Å². The van der Waals surface area contributed by atoms with Crippen LogP contribution in [0.15, 0.2) is 24.3 Å². The number of rotatable bonds is 3. The molecule has 1 atom stereocenters. The maximum absolute atomic E-state index is 11.1. The van der Waals surface area contributed by atoms with E-state index < -0.39 is 5.38 Å². The highest BCUT2D eigenvalue weighted by Gasteiger charge is 2.07. The zero-order valence-electron chi connectivity index (χ0n) is 7.83. The van der Waals surface area contributed by atoms with E-state index in [1.54, 1.807) is 31.2 Å². The van der Waals surface area contributed by atoms with Gasteiger partial charge in [-0.1, -0.05) is 12.1 Å². The summed E-state index contributed by atoms with van der Waals surface area (Å²) in [6, 6.07) is 6.64. The fourth-order valence-corrected chi connectivity index (χ4v) is 1.02. The van der Waals surface area contributed by atoms with Gasteiger partial charge >= 0.3 is 0 Å². The first-order valence-corrected chi connectivity index (χ1v) is 4.73. The molecule has 0 saturated carbocycles. The average Bonchev–Trinajstić information content (AvgIpc) is 2.16. The Morgan fingerprint density at radius 3 is 2.57 bits per heavy atom. The van der Waals surface area contributed by atoms with Crippen molar-refractivity contribution in [2.75, 3.05) is 0 Å². The van der Waals surface area contributed by atoms with E-state index in [2.05, 4.69) is 5.32 Å². The number of benzene rings is 1. The summed E-state index contributed by atoms with van der Waals surface area (Å²) in [6.45, 7) is 2.05. The van der Waals surface area contributed by atoms with Gasteiger partial charge in [-0.25, -0.2) is 0 Å². The number of hydrogen-bond donors (Lipinski definition) is 2. The van der Waals surface area contributed by atoms with Gasteiger partial charge in [-0.15, -0.1) is 11.6 Å². The molecule has 0 aromatic heterocycles. The summed E-state index contributed by atoms with van der Waals surface area (Å²) < 4.78 is 0. The molecule has 0 aliphatic carbocycles. The number of phenols is 1. The van der Waals surface area contributed by atoms with Crippen molar-refractivity contribution in [3.05, 3.63) is 29.8 Å². The largest absolute Gasteiger partial charge is 0.508 e. The number of carbonyl (C=O) groups is 1. The van der Waals surface area contributed by atoms with E-state index in [0.29, 0.717) is 6.54 Å². The van der Waals surface area contributed by atoms with E-state index in [9.17, 15) is 4.79 Å². The molecule has 4 heteroatoms. The van der Waals surface area contributed by atoms with Crippen molar-refractivity contribution in [2.45, 2.75) is 18.8 Å². The van der Waals surface area contributed by atoms with Crippen molar-refractivity contribution in [3.63, 3.8) is 0 Å². The molecule has 1 aromatic rings. The Bertz CT molecular complexity index is 308. The van der Waals surface area contributed by atoms with Crippen LogP contribution in [0.3, 0.4) is 0 Å². The van der Waals surface area contributed by atoms with Crippen molar-refractivity contribution in [1.82, 2.24) is 5.32 Å². The topological polar surface area (TPSA) is 49.3 Å². The summed E-state index contributed by atoms with van der Waals surface area (Å²) in [5.41, 5.74) is 0.925. The van der Waals surface area contributed by atoms with Crippen molar-refractivity contribution >= 4 is 17.5 Å². The number of alkyl halides is 1. The monoisotopic (exact) mass is 213 g/mol. The average molecular weight is 214 g/mol. The van der Waals surface area contributed by atoms with Crippen LogP contribution in [0.1, 0.15) is 12.5 Å². The number of carbonyl (C=O) groups excluding carboxylic acids is 1. The molecule has 3 nitrogen and oxygen atoms in total. The van der Waals surface area contributed by atoms with Gasteiger partial charge in [0.25, 0.3) is 0 Å². The summed E-state index contributed by atoms with van der Waals surface area (Å²) in [4.78, 5) is 11.1. The quantitative estimate of drug-likeness (QED) is 0.750. The molecular formula is C10H12ClNO2. The fraction of sp³-hybridized carbons (Fsp3) is 0.300. The van der Waals surface area contributed by atoms with E-state index in [4.69, 9.17) is 16.7 Å². The maximum Gasteiger partial charge on any atom is 0.238 e. The molecule has 1 amide bonds. The van der Waals surface area contributed by atoms with E-state index >= 15 is 0 Å². The number of halogens is 1. The highest BCUT2D eigenvalue weighted by molar-refractivity contribution is 6.30. The lowest BCUT2D eigenvalue weighted by Gasteiger charge is -2.06. The van der Waals surface area contributed by atoms with Crippen LogP contribution in [-0.2, 0) is 11.3 Å². The maximum atomic E-state index is 11.1. The highest BCUT2D eigenvalue weighted by atomic mass is 35.5. The first-order valence-electron chi connectivity index (χ1n) is 4.29. The van der Waals surface area contributed by atoms with Crippen LogP contribution < -0.4 is 5.32 Å². The third-order valence-corrected chi connectivity index (χ3v) is 1.96. The molecule has 0 heterocycles.